The second kappa shape index (κ2) is 7.88. The molecule has 1 saturated carbocycles. The number of hydrogen-bond donors (Lipinski definition) is 0. The molecule has 2 aliphatic rings. The van der Waals surface area contributed by atoms with E-state index in [1.807, 2.05) is 0 Å². The molecule has 28 heavy (non-hydrogen) atoms. The number of rotatable bonds is 7. The summed E-state index contributed by atoms with van der Waals surface area (Å²) >= 11 is 0. The highest BCUT2D eigenvalue weighted by molar-refractivity contribution is 7.89. The molecule has 0 spiro atoms. The highest BCUT2D eigenvalue weighted by Crippen LogP contribution is 2.38. The van der Waals surface area contributed by atoms with Crippen LogP contribution in [-0.2, 0) is 21.2 Å². The number of piperidine rings is 1. The number of benzene rings is 1. The molecule has 1 aromatic heterocycles. The van der Waals surface area contributed by atoms with E-state index < -0.39 is 15.8 Å². The lowest BCUT2D eigenvalue weighted by molar-refractivity contribution is 0.0222. The lowest BCUT2D eigenvalue weighted by Gasteiger charge is -2.31. The van der Waals surface area contributed by atoms with Crippen LogP contribution in [0, 0.1) is 12.7 Å². The number of nitrogens with zero attached hydrogens (tertiary/aromatic N) is 3. The van der Waals surface area contributed by atoms with Gasteiger partial charge >= 0.3 is 0 Å². The molecule has 1 saturated heterocycles. The number of sulfonamides is 1. The summed E-state index contributed by atoms with van der Waals surface area (Å²) in [5.41, 5.74) is 0.428. The van der Waals surface area contributed by atoms with Crippen molar-refractivity contribution in [3.8, 4) is 0 Å². The van der Waals surface area contributed by atoms with Crippen molar-refractivity contribution in [2.45, 2.75) is 55.9 Å². The van der Waals surface area contributed by atoms with E-state index in [-0.39, 0.29) is 11.0 Å². The predicted molar refractivity (Wildman–Crippen MR) is 98.8 cm³/mol. The summed E-state index contributed by atoms with van der Waals surface area (Å²) in [5, 5.41) is 3.97. The van der Waals surface area contributed by atoms with E-state index in [0.29, 0.717) is 56.3 Å². The van der Waals surface area contributed by atoms with Crippen molar-refractivity contribution in [1.29, 1.82) is 0 Å². The largest absolute Gasteiger partial charge is 0.378 e. The fourth-order valence-electron chi connectivity index (χ4n) is 3.30. The average molecular weight is 409 g/mol. The van der Waals surface area contributed by atoms with Crippen LogP contribution in [0.3, 0.4) is 0 Å². The molecule has 2 aromatic rings. The van der Waals surface area contributed by atoms with Crippen LogP contribution in [0.5, 0.6) is 0 Å². The molecule has 0 bridgehead atoms. The zero-order valence-electron chi connectivity index (χ0n) is 15.8. The normalized spacial score (nSPS) is 19.2. The van der Waals surface area contributed by atoms with Crippen LogP contribution in [0.1, 0.15) is 48.9 Å². The van der Waals surface area contributed by atoms with Crippen molar-refractivity contribution in [3.63, 3.8) is 0 Å². The third kappa shape index (κ3) is 4.26. The van der Waals surface area contributed by atoms with Crippen molar-refractivity contribution in [1.82, 2.24) is 14.4 Å². The van der Waals surface area contributed by atoms with Crippen molar-refractivity contribution >= 4 is 10.0 Å². The molecule has 0 atom stereocenters. The van der Waals surface area contributed by atoms with Gasteiger partial charge in [0.15, 0.2) is 5.82 Å². The Morgan fingerprint density at radius 2 is 2.00 bits per heavy atom. The van der Waals surface area contributed by atoms with E-state index in [4.69, 9.17) is 9.26 Å². The van der Waals surface area contributed by atoms with Gasteiger partial charge in [0.05, 0.1) is 17.6 Å². The van der Waals surface area contributed by atoms with E-state index in [1.165, 1.54) is 16.4 Å². The first-order valence-corrected chi connectivity index (χ1v) is 11.1. The number of halogens is 1. The van der Waals surface area contributed by atoms with Crippen molar-refractivity contribution in [2.24, 2.45) is 0 Å². The van der Waals surface area contributed by atoms with Gasteiger partial charge in [-0.25, -0.2) is 12.8 Å². The lowest BCUT2D eigenvalue weighted by atomic mass is 10.1. The number of ether oxygens (including phenoxy) is 1. The minimum absolute atomic E-state index is 0.00135. The maximum absolute atomic E-state index is 13.7. The predicted octanol–water partition coefficient (Wildman–Crippen LogP) is 2.81. The van der Waals surface area contributed by atoms with Gasteiger partial charge in [-0.3, -0.25) is 0 Å². The molecule has 2 fully saturated rings. The topological polar surface area (TPSA) is 85.5 Å². The van der Waals surface area contributed by atoms with Gasteiger partial charge in [0, 0.05) is 25.4 Å². The molecule has 1 aliphatic carbocycles. The summed E-state index contributed by atoms with van der Waals surface area (Å²) in [6.07, 6.45) is 4.03. The molecule has 0 unspecified atom stereocenters. The Morgan fingerprint density at radius 3 is 2.68 bits per heavy atom. The molecule has 2 heterocycles. The summed E-state index contributed by atoms with van der Waals surface area (Å²) in [6, 6.07) is 4.04. The molecule has 4 rings (SSSR count). The molecule has 7 nitrogen and oxygen atoms in total. The first-order valence-electron chi connectivity index (χ1n) is 9.64. The Balaban J connectivity index is 1.26. The summed E-state index contributed by atoms with van der Waals surface area (Å²) in [7, 11) is -3.68. The average Bonchev–Trinajstić information content (AvgIpc) is 3.43. The molecular weight excluding hydrogens is 385 g/mol. The second-order valence-electron chi connectivity index (χ2n) is 7.46. The SMILES string of the molecule is Cc1ccc(S(=O)(=O)N2CCC(OCCc3noc(C4CC4)n3)CC2)cc1F. The molecule has 0 N–H and O–H groups in total. The Morgan fingerprint density at radius 1 is 1.25 bits per heavy atom. The van der Waals surface area contributed by atoms with Gasteiger partial charge < -0.3 is 9.26 Å². The molecule has 152 valence electrons. The van der Waals surface area contributed by atoms with E-state index in [1.54, 1.807) is 6.92 Å². The summed E-state index contributed by atoms with van der Waals surface area (Å²) in [4.78, 5) is 4.37. The van der Waals surface area contributed by atoms with Crippen molar-refractivity contribution in [2.75, 3.05) is 19.7 Å². The van der Waals surface area contributed by atoms with Gasteiger partial charge in [0.25, 0.3) is 0 Å². The molecule has 9 heteroatoms. The Hall–Kier alpha value is -1.84. The zero-order chi connectivity index (χ0) is 19.7. The smallest absolute Gasteiger partial charge is 0.243 e. The maximum Gasteiger partial charge on any atom is 0.243 e. The third-order valence-corrected chi connectivity index (χ3v) is 7.17. The summed E-state index contributed by atoms with van der Waals surface area (Å²) in [6.45, 7) is 2.80. The molecule has 0 amide bonds. The van der Waals surface area contributed by atoms with Crippen LogP contribution < -0.4 is 0 Å². The van der Waals surface area contributed by atoms with Crippen LogP contribution in [0.4, 0.5) is 4.39 Å². The highest BCUT2D eigenvalue weighted by Gasteiger charge is 2.31. The number of hydrogen-bond acceptors (Lipinski definition) is 6. The highest BCUT2D eigenvalue weighted by atomic mass is 32.2. The first kappa shape index (κ1) is 19.5. The number of aryl methyl sites for hydroxylation is 1. The quantitative estimate of drug-likeness (QED) is 0.699. The van der Waals surface area contributed by atoms with Crippen LogP contribution in [0.2, 0.25) is 0 Å². The van der Waals surface area contributed by atoms with E-state index >= 15 is 0 Å². The van der Waals surface area contributed by atoms with Gasteiger partial charge in [-0.15, -0.1) is 0 Å². The van der Waals surface area contributed by atoms with Gasteiger partial charge in [-0.1, -0.05) is 11.2 Å². The van der Waals surface area contributed by atoms with Gasteiger partial charge in [0.1, 0.15) is 5.82 Å². The Bertz CT molecular complexity index is 934. The minimum atomic E-state index is -3.68. The molecule has 1 aliphatic heterocycles. The van der Waals surface area contributed by atoms with Crippen LogP contribution in [0.25, 0.3) is 0 Å². The monoisotopic (exact) mass is 409 g/mol. The van der Waals surface area contributed by atoms with Crippen molar-refractivity contribution in [3.05, 3.63) is 41.3 Å². The number of aromatic nitrogens is 2. The lowest BCUT2D eigenvalue weighted by Crippen LogP contribution is -2.41. The van der Waals surface area contributed by atoms with Crippen LogP contribution >= 0.6 is 0 Å². The zero-order valence-corrected chi connectivity index (χ0v) is 16.6. The van der Waals surface area contributed by atoms with Crippen LogP contribution in [0.15, 0.2) is 27.6 Å². The fraction of sp³-hybridized carbons (Fsp3) is 0.579. The standard InChI is InChI=1S/C19H24FN3O4S/c1-13-2-5-16(12-17(13)20)28(24,25)23-9-6-15(7-10-23)26-11-8-18-21-19(27-22-18)14-3-4-14/h2,5,12,14-15H,3-4,6-11H2,1H3. The first-order chi connectivity index (χ1) is 13.4. The Labute approximate surface area is 163 Å². The van der Waals surface area contributed by atoms with E-state index in [2.05, 4.69) is 10.1 Å². The van der Waals surface area contributed by atoms with Crippen molar-refractivity contribution < 1.29 is 22.1 Å². The third-order valence-electron chi connectivity index (χ3n) is 5.27. The second-order valence-corrected chi connectivity index (χ2v) is 9.40. The van der Waals surface area contributed by atoms with Crippen LogP contribution in [-0.4, -0.2) is 48.7 Å². The summed E-state index contributed by atoms with van der Waals surface area (Å²) in [5.74, 6) is 1.31. The van der Waals surface area contributed by atoms with Gasteiger partial charge in [0.2, 0.25) is 15.9 Å². The maximum atomic E-state index is 13.7. The molecule has 0 radical (unpaired) electrons. The van der Waals surface area contributed by atoms with E-state index in [9.17, 15) is 12.8 Å². The molecule has 1 aromatic carbocycles. The summed E-state index contributed by atoms with van der Waals surface area (Å²) < 4.78 is 51.7. The van der Waals surface area contributed by atoms with E-state index in [0.717, 1.165) is 24.8 Å². The Kier molecular flexibility index (Phi) is 5.48. The van der Waals surface area contributed by atoms with Gasteiger partial charge in [-0.2, -0.15) is 9.29 Å². The fourth-order valence-corrected chi connectivity index (χ4v) is 4.79. The molecular formula is C19H24FN3O4S. The minimum Gasteiger partial charge on any atom is -0.378 e. The van der Waals surface area contributed by atoms with Gasteiger partial charge in [-0.05, 0) is 50.3 Å².